The molecule has 1 aromatic rings. The molecule has 1 aliphatic heterocycles. The average molecular weight is 513 g/mol. The summed E-state index contributed by atoms with van der Waals surface area (Å²) in [4.78, 5) is 54.1. The SMILES string of the molecule is COC(=O)[C@@H]1N(C(=O)OC(C)(C)C)C(=O)N(C(=O)OC(C)(C)C)[C@@]1(C)c1ccccc1Br. The van der Waals surface area contributed by atoms with E-state index in [4.69, 9.17) is 14.2 Å². The van der Waals surface area contributed by atoms with E-state index in [1.807, 2.05) is 0 Å². The van der Waals surface area contributed by atoms with Crippen molar-refractivity contribution >= 4 is 40.1 Å². The summed E-state index contributed by atoms with van der Waals surface area (Å²) in [6.45, 7) is 11.3. The molecule has 0 N–H and O–H groups in total. The standard InChI is InChI=1S/C22H29BrN2O7/c1-20(2,3)31-18(28)24-15(16(26)30-8)22(7,13-11-9-10-12-14(13)23)25(17(24)27)19(29)32-21(4,5)6/h9-12,15H,1-8H3/t15-,22-/m0/s1. The van der Waals surface area contributed by atoms with Gasteiger partial charge in [-0.1, -0.05) is 34.1 Å². The maximum absolute atomic E-state index is 13.5. The Bertz CT molecular complexity index is 935. The molecule has 0 bridgehead atoms. The van der Waals surface area contributed by atoms with Crippen LogP contribution in [-0.4, -0.2) is 58.3 Å². The molecule has 4 amide bonds. The highest BCUT2D eigenvalue weighted by Gasteiger charge is 2.65. The Kier molecular flexibility index (Phi) is 6.99. The van der Waals surface area contributed by atoms with Crippen LogP contribution in [0.5, 0.6) is 0 Å². The molecule has 1 heterocycles. The summed E-state index contributed by atoms with van der Waals surface area (Å²) in [5.74, 6) is -0.895. The van der Waals surface area contributed by atoms with E-state index in [1.54, 1.807) is 65.8 Å². The number of hydrogen-bond donors (Lipinski definition) is 0. The van der Waals surface area contributed by atoms with E-state index in [2.05, 4.69) is 15.9 Å². The number of amides is 4. The van der Waals surface area contributed by atoms with Crippen LogP contribution >= 0.6 is 15.9 Å². The highest BCUT2D eigenvalue weighted by Crippen LogP contribution is 2.45. The van der Waals surface area contributed by atoms with Gasteiger partial charge in [0, 0.05) is 4.47 Å². The molecule has 1 aliphatic rings. The van der Waals surface area contributed by atoms with Crippen molar-refractivity contribution in [3.05, 3.63) is 34.3 Å². The molecule has 0 unspecified atom stereocenters. The zero-order valence-electron chi connectivity index (χ0n) is 19.5. The van der Waals surface area contributed by atoms with Gasteiger partial charge in [0.1, 0.15) is 16.7 Å². The molecule has 1 aromatic carbocycles. The second-order valence-electron chi connectivity index (χ2n) is 9.50. The highest BCUT2D eigenvalue weighted by molar-refractivity contribution is 9.10. The van der Waals surface area contributed by atoms with Crippen LogP contribution in [0.1, 0.15) is 54.0 Å². The van der Waals surface area contributed by atoms with E-state index in [0.29, 0.717) is 14.9 Å². The summed E-state index contributed by atoms with van der Waals surface area (Å²) in [5.41, 5.74) is -3.16. The smallest absolute Gasteiger partial charge is 0.419 e. The zero-order chi connectivity index (χ0) is 24.6. The number of carbonyl (C=O) groups excluding carboxylic acids is 4. The van der Waals surface area contributed by atoms with Gasteiger partial charge in [-0.3, -0.25) is 0 Å². The van der Waals surface area contributed by atoms with Crippen LogP contribution < -0.4 is 0 Å². The van der Waals surface area contributed by atoms with Crippen molar-refractivity contribution in [3.63, 3.8) is 0 Å². The molecular formula is C22H29BrN2O7. The fourth-order valence-corrected chi connectivity index (χ4v) is 4.13. The van der Waals surface area contributed by atoms with Crippen molar-refractivity contribution in [1.82, 2.24) is 9.80 Å². The lowest BCUT2D eigenvalue weighted by Crippen LogP contribution is -2.54. The van der Waals surface area contributed by atoms with Crippen LogP contribution in [0.4, 0.5) is 14.4 Å². The largest absolute Gasteiger partial charge is 0.467 e. The van der Waals surface area contributed by atoms with E-state index in [9.17, 15) is 19.2 Å². The van der Waals surface area contributed by atoms with E-state index < -0.39 is 47.0 Å². The van der Waals surface area contributed by atoms with Gasteiger partial charge in [0.2, 0.25) is 0 Å². The molecule has 9 nitrogen and oxygen atoms in total. The summed E-state index contributed by atoms with van der Waals surface area (Å²) in [7, 11) is 1.14. The Morgan fingerprint density at radius 2 is 1.47 bits per heavy atom. The Morgan fingerprint density at radius 1 is 0.969 bits per heavy atom. The molecule has 10 heteroatoms. The molecule has 0 aromatic heterocycles. The molecule has 1 fully saturated rings. The summed E-state index contributed by atoms with van der Waals surface area (Å²) in [5, 5.41) is 0. The minimum atomic E-state index is -1.66. The number of esters is 1. The molecular weight excluding hydrogens is 484 g/mol. The van der Waals surface area contributed by atoms with E-state index in [1.165, 1.54) is 6.92 Å². The lowest BCUT2D eigenvalue weighted by molar-refractivity contribution is -0.147. The first-order valence-electron chi connectivity index (χ1n) is 9.97. The van der Waals surface area contributed by atoms with E-state index >= 15 is 0 Å². The third kappa shape index (κ3) is 4.90. The Balaban J connectivity index is 2.79. The van der Waals surface area contributed by atoms with Crippen LogP contribution in [-0.2, 0) is 24.5 Å². The molecule has 0 saturated carbocycles. The number of halogens is 1. The molecule has 1 saturated heterocycles. The number of ether oxygens (including phenoxy) is 3. The molecule has 0 radical (unpaired) electrons. The number of hydrogen-bond acceptors (Lipinski definition) is 7. The number of imide groups is 2. The van der Waals surface area contributed by atoms with Crippen molar-refractivity contribution in [2.24, 2.45) is 0 Å². The van der Waals surface area contributed by atoms with Crippen LogP contribution in [0, 0.1) is 0 Å². The van der Waals surface area contributed by atoms with Gasteiger partial charge in [-0.15, -0.1) is 0 Å². The molecule has 32 heavy (non-hydrogen) atoms. The summed E-state index contributed by atoms with van der Waals surface area (Å²) >= 11 is 3.43. The highest BCUT2D eigenvalue weighted by atomic mass is 79.9. The van der Waals surface area contributed by atoms with Crippen LogP contribution in [0.25, 0.3) is 0 Å². The van der Waals surface area contributed by atoms with Crippen molar-refractivity contribution < 1.29 is 33.4 Å². The molecule has 176 valence electrons. The Morgan fingerprint density at radius 3 is 1.94 bits per heavy atom. The third-order valence-corrected chi connectivity index (χ3v) is 5.35. The first-order chi connectivity index (χ1) is 14.5. The monoisotopic (exact) mass is 512 g/mol. The molecule has 2 atom stereocenters. The number of carbonyl (C=O) groups is 4. The van der Waals surface area contributed by atoms with Crippen molar-refractivity contribution in [1.29, 1.82) is 0 Å². The van der Waals surface area contributed by atoms with Crippen LogP contribution in [0.3, 0.4) is 0 Å². The van der Waals surface area contributed by atoms with Crippen molar-refractivity contribution in [3.8, 4) is 0 Å². The quantitative estimate of drug-likeness (QED) is 0.413. The average Bonchev–Trinajstić information content (AvgIpc) is 2.86. The Hall–Kier alpha value is -2.62. The first-order valence-corrected chi connectivity index (χ1v) is 10.8. The Labute approximate surface area is 196 Å². The second-order valence-corrected chi connectivity index (χ2v) is 10.4. The summed E-state index contributed by atoms with van der Waals surface area (Å²) in [6.07, 6.45) is -2.09. The predicted molar refractivity (Wildman–Crippen MR) is 119 cm³/mol. The number of nitrogens with zero attached hydrogens (tertiary/aromatic N) is 2. The van der Waals surface area contributed by atoms with Crippen LogP contribution in [0.2, 0.25) is 0 Å². The topological polar surface area (TPSA) is 102 Å². The van der Waals surface area contributed by atoms with Crippen molar-refractivity contribution in [2.75, 3.05) is 7.11 Å². The number of urea groups is 1. The first kappa shape index (κ1) is 25.6. The summed E-state index contributed by atoms with van der Waals surface area (Å²) in [6, 6.07) is 4.19. The van der Waals surface area contributed by atoms with E-state index in [0.717, 1.165) is 12.0 Å². The number of benzene rings is 1. The number of rotatable bonds is 2. The zero-order valence-corrected chi connectivity index (χ0v) is 21.1. The van der Waals surface area contributed by atoms with Gasteiger partial charge in [-0.2, -0.15) is 0 Å². The van der Waals surface area contributed by atoms with Gasteiger partial charge in [0.25, 0.3) is 0 Å². The van der Waals surface area contributed by atoms with Gasteiger partial charge in [0.15, 0.2) is 6.04 Å². The third-order valence-electron chi connectivity index (χ3n) is 4.66. The van der Waals surface area contributed by atoms with Gasteiger partial charge in [-0.05, 0) is 60.1 Å². The second kappa shape index (κ2) is 8.73. The predicted octanol–water partition coefficient (Wildman–Crippen LogP) is 4.81. The van der Waals surface area contributed by atoms with Gasteiger partial charge in [0.05, 0.1) is 7.11 Å². The summed E-state index contributed by atoms with van der Waals surface area (Å²) < 4.78 is 16.3. The minimum absolute atomic E-state index is 0.403. The fraction of sp³-hybridized carbons (Fsp3) is 0.545. The van der Waals surface area contributed by atoms with Gasteiger partial charge >= 0.3 is 24.2 Å². The maximum Gasteiger partial charge on any atom is 0.419 e. The van der Waals surface area contributed by atoms with Crippen LogP contribution in [0.15, 0.2) is 28.7 Å². The maximum atomic E-state index is 13.5. The van der Waals surface area contributed by atoms with Gasteiger partial charge < -0.3 is 14.2 Å². The van der Waals surface area contributed by atoms with E-state index in [-0.39, 0.29) is 0 Å². The minimum Gasteiger partial charge on any atom is -0.467 e. The van der Waals surface area contributed by atoms with Gasteiger partial charge in [-0.25, -0.2) is 29.0 Å². The van der Waals surface area contributed by atoms with Crippen molar-refractivity contribution in [2.45, 2.75) is 71.2 Å². The number of methoxy groups -OCH3 is 1. The lowest BCUT2D eigenvalue weighted by Gasteiger charge is -2.37. The normalized spacial score (nSPS) is 21.4. The lowest BCUT2D eigenvalue weighted by atomic mass is 9.84. The molecule has 2 rings (SSSR count). The molecule has 0 spiro atoms. The molecule has 0 aliphatic carbocycles. The fourth-order valence-electron chi connectivity index (χ4n) is 3.45.